The van der Waals surface area contributed by atoms with Crippen LogP contribution in [0.3, 0.4) is 0 Å². The summed E-state index contributed by atoms with van der Waals surface area (Å²) < 4.78 is 7.15. The van der Waals surface area contributed by atoms with Gasteiger partial charge in [-0.25, -0.2) is 24.5 Å². The Labute approximate surface area is 253 Å². The Bertz CT molecular complexity index is 1550. The SMILES string of the molecule is CC(C)(C)OC(=O)NCC(C)(C)N1c2nc(Cl)ncc2CC1C(=O)O.CC1(C)CNC(=O)c2cc3cnc(Cl)nc3n21. The van der Waals surface area contributed by atoms with Gasteiger partial charge in [0.15, 0.2) is 0 Å². The number of hydrogen-bond acceptors (Lipinski definition) is 9. The molecule has 42 heavy (non-hydrogen) atoms. The van der Waals surface area contributed by atoms with E-state index in [0.717, 1.165) is 5.39 Å². The zero-order valence-electron chi connectivity index (χ0n) is 24.5. The molecule has 0 aromatic carbocycles. The lowest BCUT2D eigenvalue weighted by atomic mass is 10.0. The number of carboxylic acids is 1. The first-order chi connectivity index (χ1) is 19.4. The number of rotatable bonds is 4. The second-order valence-corrected chi connectivity index (χ2v) is 13.0. The maximum absolute atomic E-state index is 11.9. The summed E-state index contributed by atoms with van der Waals surface area (Å²) in [5, 5.41) is 16.2. The number of nitrogens with zero attached hydrogens (tertiary/aromatic N) is 6. The summed E-state index contributed by atoms with van der Waals surface area (Å²) in [6.45, 7) is 13.8. The molecule has 13 nitrogen and oxygen atoms in total. The minimum atomic E-state index is -0.973. The van der Waals surface area contributed by atoms with Crippen molar-refractivity contribution >= 4 is 58.0 Å². The normalized spacial score (nSPS) is 17.5. The molecular weight excluding hydrogens is 587 g/mol. The number of hydrogen-bond donors (Lipinski definition) is 3. The minimum Gasteiger partial charge on any atom is -0.480 e. The average molecular weight is 622 g/mol. The Morgan fingerprint density at radius 2 is 1.79 bits per heavy atom. The fourth-order valence-corrected chi connectivity index (χ4v) is 5.24. The van der Waals surface area contributed by atoms with Crippen LogP contribution in [0.25, 0.3) is 11.0 Å². The lowest BCUT2D eigenvalue weighted by Crippen LogP contribution is -2.57. The van der Waals surface area contributed by atoms with Crippen LogP contribution in [0.5, 0.6) is 0 Å². The van der Waals surface area contributed by atoms with Crippen molar-refractivity contribution in [3.63, 3.8) is 0 Å². The van der Waals surface area contributed by atoms with Gasteiger partial charge in [0, 0.05) is 42.9 Å². The van der Waals surface area contributed by atoms with Gasteiger partial charge in [0.2, 0.25) is 10.6 Å². The summed E-state index contributed by atoms with van der Waals surface area (Å²) >= 11 is 11.7. The molecule has 226 valence electrons. The number of aromatic nitrogens is 5. The van der Waals surface area contributed by atoms with Crippen LogP contribution in [0, 0.1) is 0 Å². The van der Waals surface area contributed by atoms with Crippen LogP contribution in [-0.4, -0.2) is 77.9 Å². The van der Waals surface area contributed by atoms with Gasteiger partial charge in [-0.1, -0.05) is 0 Å². The molecular formula is C27H34Cl2N8O5. The van der Waals surface area contributed by atoms with Crippen molar-refractivity contribution < 1.29 is 24.2 Å². The summed E-state index contributed by atoms with van der Waals surface area (Å²) in [5.41, 5.74) is 0.458. The van der Waals surface area contributed by atoms with E-state index in [9.17, 15) is 19.5 Å². The molecule has 5 heterocycles. The highest BCUT2D eigenvalue weighted by atomic mass is 35.5. The molecule has 0 fully saturated rings. The van der Waals surface area contributed by atoms with Gasteiger partial charge in [0.1, 0.15) is 28.8 Å². The fourth-order valence-electron chi connectivity index (χ4n) is 4.99. The Morgan fingerprint density at radius 3 is 2.43 bits per heavy atom. The summed E-state index contributed by atoms with van der Waals surface area (Å²) in [4.78, 5) is 53.4. The molecule has 3 aromatic heterocycles. The number of aliphatic carboxylic acids is 1. The molecule has 1 unspecified atom stereocenters. The summed E-state index contributed by atoms with van der Waals surface area (Å²) in [6, 6.07) is 0.986. The number of ether oxygens (including phenoxy) is 1. The third-order valence-corrected chi connectivity index (χ3v) is 7.16. The smallest absolute Gasteiger partial charge is 0.407 e. The lowest BCUT2D eigenvalue weighted by Gasteiger charge is -2.40. The van der Waals surface area contributed by atoms with Crippen LogP contribution in [0.1, 0.15) is 64.5 Å². The highest BCUT2D eigenvalue weighted by Gasteiger charge is 2.44. The largest absolute Gasteiger partial charge is 0.480 e. The second-order valence-electron chi connectivity index (χ2n) is 12.4. The number of anilines is 1. The van der Waals surface area contributed by atoms with Crippen molar-refractivity contribution in [3.05, 3.63) is 40.3 Å². The van der Waals surface area contributed by atoms with Crippen molar-refractivity contribution in [1.29, 1.82) is 0 Å². The van der Waals surface area contributed by atoms with Gasteiger partial charge in [0.05, 0.1) is 11.1 Å². The van der Waals surface area contributed by atoms with Crippen molar-refractivity contribution in [2.45, 2.75) is 77.6 Å². The number of carbonyl (C=O) groups excluding carboxylic acids is 2. The third kappa shape index (κ3) is 6.51. The molecule has 2 amide bonds. The van der Waals surface area contributed by atoms with Crippen molar-refractivity contribution in [3.8, 4) is 0 Å². The van der Waals surface area contributed by atoms with Crippen molar-refractivity contribution in [2.24, 2.45) is 0 Å². The molecule has 0 saturated heterocycles. The minimum absolute atomic E-state index is 0.0469. The van der Waals surface area contributed by atoms with E-state index in [1.807, 2.05) is 32.3 Å². The van der Waals surface area contributed by atoms with Gasteiger partial charge in [-0.2, -0.15) is 4.98 Å². The zero-order chi connectivity index (χ0) is 31.2. The van der Waals surface area contributed by atoms with Crippen LogP contribution in [0.15, 0.2) is 18.5 Å². The molecule has 0 aliphatic carbocycles. The number of nitrogens with one attached hydrogen (secondary N) is 2. The van der Waals surface area contributed by atoms with Gasteiger partial charge in [-0.3, -0.25) is 4.79 Å². The van der Waals surface area contributed by atoms with Crippen molar-refractivity contribution in [1.82, 2.24) is 35.1 Å². The molecule has 3 N–H and O–H groups in total. The standard InChI is InChI=1S/C16H23ClN4O4.C11H11ClN4O/c1-15(2,3)25-14(24)19-8-16(4,5)21-10(12(22)23)6-9-7-18-13(17)20-11(9)21;1-11(2)5-14-9(17)7-3-6-4-13-10(12)15-8(6)16(7)11/h7,10H,6,8H2,1-5H3,(H,19,24)(H,22,23);3-4H,5H2,1-2H3,(H,14,17). The van der Waals surface area contributed by atoms with Crippen LogP contribution in [0.4, 0.5) is 10.6 Å². The molecule has 0 radical (unpaired) electrons. The third-order valence-electron chi connectivity index (χ3n) is 6.80. The molecule has 2 aliphatic rings. The van der Waals surface area contributed by atoms with E-state index in [-0.39, 0.29) is 35.0 Å². The number of carbonyl (C=O) groups is 3. The Balaban J connectivity index is 0.000000206. The molecule has 0 spiro atoms. The van der Waals surface area contributed by atoms with Crippen molar-refractivity contribution in [2.75, 3.05) is 18.0 Å². The zero-order valence-corrected chi connectivity index (χ0v) is 26.0. The van der Waals surface area contributed by atoms with E-state index in [2.05, 4.69) is 30.6 Å². The van der Waals surface area contributed by atoms with E-state index in [4.69, 9.17) is 27.9 Å². The van der Waals surface area contributed by atoms with E-state index in [1.54, 1.807) is 37.9 Å². The predicted octanol–water partition coefficient (Wildman–Crippen LogP) is 3.81. The Morgan fingerprint density at radius 1 is 1.14 bits per heavy atom. The van der Waals surface area contributed by atoms with E-state index < -0.39 is 29.2 Å². The molecule has 0 saturated carbocycles. The highest BCUT2D eigenvalue weighted by molar-refractivity contribution is 6.28. The Hall–Kier alpha value is -3.71. The first kappa shape index (κ1) is 31.2. The summed E-state index contributed by atoms with van der Waals surface area (Å²) in [6.07, 6.45) is 2.89. The van der Waals surface area contributed by atoms with Gasteiger partial charge in [-0.15, -0.1) is 0 Å². The van der Waals surface area contributed by atoms with Crippen LogP contribution < -0.4 is 15.5 Å². The molecule has 1 atom stereocenters. The number of halogens is 2. The van der Waals surface area contributed by atoms with Crippen LogP contribution in [0.2, 0.25) is 10.6 Å². The van der Waals surface area contributed by atoms with E-state index >= 15 is 0 Å². The highest BCUT2D eigenvalue weighted by Crippen LogP contribution is 2.36. The Kier molecular flexibility index (Phi) is 8.31. The fraction of sp³-hybridized carbons (Fsp3) is 0.519. The second kappa shape index (κ2) is 11.2. The monoisotopic (exact) mass is 620 g/mol. The molecule has 0 bridgehead atoms. The van der Waals surface area contributed by atoms with Gasteiger partial charge < -0.3 is 29.9 Å². The summed E-state index contributed by atoms with van der Waals surface area (Å²) in [7, 11) is 0. The van der Waals surface area contributed by atoms with Crippen LogP contribution in [-0.2, 0) is 21.5 Å². The quantitative estimate of drug-likeness (QED) is 0.365. The van der Waals surface area contributed by atoms with E-state index in [1.165, 1.54) is 6.20 Å². The number of amides is 2. The van der Waals surface area contributed by atoms with Gasteiger partial charge in [0.25, 0.3) is 5.91 Å². The molecule has 15 heteroatoms. The number of fused-ring (bicyclic) bond motifs is 4. The topological polar surface area (TPSA) is 164 Å². The maximum Gasteiger partial charge on any atom is 0.407 e. The van der Waals surface area contributed by atoms with Crippen LogP contribution >= 0.6 is 23.2 Å². The average Bonchev–Trinajstić information content (AvgIpc) is 3.45. The predicted molar refractivity (Wildman–Crippen MR) is 157 cm³/mol. The molecule has 3 aromatic rings. The lowest BCUT2D eigenvalue weighted by molar-refractivity contribution is -0.138. The van der Waals surface area contributed by atoms with E-state index in [0.29, 0.717) is 29.3 Å². The maximum atomic E-state index is 11.9. The first-order valence-corrected chi connectivity index (χ1v) is 14.0. The molecule has 5 rings (SSSR count). The number of carboxylic acid groups (broad SMARTS) is 1. The molecule has 2 aliphatic heterocycles. The number of alkyl carbamates (subject to hydrolysis) is 1. The summed E-state index contributed by atoms with van der Waals surface area (Å²) in [5.74, 6) is -0.582. The van der Waals surface area contributed by atoms with Gasteiger partial charge in [-0.05, 0) is 77.7 Å². The first-order valence-electron chi connectivity index (χ1n) is 13.2. The van der Waals surface area contributed by atoms with Gasteiger partial charge >= 0.3 is 12.1 Å².